The van der Waals surface area contributed by atoms with Crippen molar-refractivity contribution in [3.63, 3.8) is 0 Å². The maximum absolute atomic E-state index is 10.6. The van der Waals surface area contributed by atoms with E-state index in [0.717, 1.165) is 28.5 Å². The van der Waals surface area contributed by atoms with Gasteiger partial charge in [-0.25, -0.2) is 14.8 Å². The highest BCUT2D eigenvalue weighted by atomic mass is 16.4. The molecule has 0 aliphatic heterocycles. The van der Waals surface area contributed by atoms with E-state index in [1.54, 1.807) is 18.3 Å². The monoisotopic (exact) mass is 347 g/mol. The molecule has 7 heteroatoms. The van der Waals surface area contributed by atoms with Crippen LogP contribution in [0.25, 0.3) is 28.7 Å². The van der Waals surface area contributed by atoms with E-state index in [-0.39, 0.29) is 5.96 Å². The Balaban J connectivity index is 1.84. The second-order valence-corrected chi connectivity index (χ2v) is 5.53. The second-order valence-electron chi connectivity index (χ2n) is 5.53. The van der Waals surface area contributed by atoms with Gasteiger partial charge in [-0.15, -0.1) is 0 Å². The standard InChI is InChI=1S/C19H17N5O2/c20-19(21)23-15-3-1-2-14(10-15)18-22-11-16(24-18)13-7-4-12(5-8-13)6-9-17(25)26/h1-11H,(H,22,24)(H,25,26)(H4,20,21,23)/b9-6+. The molecule has 3 rings (SSSR count). The summed E-state index contributed by atoms with van der Waals surface area (Å²) in [6.07, 6.45) is 4.39. The molecule has 2 aromatic carbocycles. The SMILES string of the molecule is NC(N)=Nc1cccc(-c2ncc(-c3ccc(/C=C/C(=O)O)cc3)[nH]2)c1. The molecule has 1 aromatic heterocycles. The number of aromatic nitrogens is 2. The molecule has 0 spiro atoms. The number of carboxylic acid groups (broad SMARTS) is 1. The van der Waals surface area contributed by atoms with E-state index >= 15 is 0 Å². The quantitative estimate of drug-likeness (QED) is 0.320. The Hall–Kier alpha value is -3.87. The van der Waals surface area contributed by atoms with Gasteiger partial charge in [0.1, 0.15) is 5.82 Å². The summed E-state index contributed by atoms with van der Waals surface area (Å²) in [4.78, 5) is 22.3. The molecular weight excluding hydrogens is 330 g/mol. The number of benzene rings is 2. The minimum atomic E-state index is -0.977. The maximum Gasteiger partial charge on any atom is 0.328 e. The molecule has 0 fully saturated rings. The molecule has 3 aromatic rings. The fourth-order valence-electron chi connectivity index (χ4n) is 2.43. The third kappa shape index (κ3) is 4.15. The zero-order valence-corrected chi connectivity index (χ0v) is 13.8. The number of nitrogens with two attached hydrogens (primary N) is 2. The van der Waals surface area contributed by atoms with E-state index in [4.69, 9.17) is 16.6 Å². The molecule has 6 N–H and O–H groups in total. The maximum atomic E-state index is 10.6. The van der Waals surface area contributed by atoms with Gasteiger partial charge >= 0.3 is 5.97 Å². The Labute approximate surface area is 149 Å². The predicted molar refractivity (Wildman–Crippen MR) is 102 cm³/mol. The number of nitrogens with one attached hydrogen (secondary N) is 1. The summed E-state index contributed by atoms with van der Waals surface area (Å²) in [5, 5.41) is 8.66. The van der Waals surface area contributed by atoms with Crippen LogP contribution >= 0.6 is 0 Å². The number of H-pyrrole nitrogens is 1. The van der Waals surface area contributed by atoms with Gasteiger partial charge in [-0.3, -0.25) is 0 Å². The molecule has 26 heavy (non-hydrogen) atoms. The first-order valence-electron chi connectivity index (χ1n) is 7.78. The number of aliphatic imine (C=N–C) groups is 1. The zero-order chi connectivity index (χ0) is 18.5. The number of carbonyl (C=O) groups is 1. The highest BCUT2D eigenvalue weighted by Crippen LogP contribution is 2.25. The molecule has 0 amide bonds. The van der Waals surface area contributed by atoms with Crippen molar-refractivity contribution in [1.29, 1.82) is 0 Å². The normalized spacial score (nSPS) is 10.8. The number of imidazole rings is 1. The number of nitrogens with zero attached hydrogens (tertiary/aromatic N) is 2. The number of rotatable bonds is 5. The van der Waals surface area contributed by atoms with Crippen LogP contribution < -0.4 is 11.5 Å². The van der Waals surface area contributed by atoms with Crippen molar-refractivity contribution in [1.82, 2.24) is 9.97 Å². The second kappa shape index (κ2) is 7.35. The van der Waals surface area contributed by atoms with Gasteiger partial charge in [0.15, 0.2) is 5.96 Å². The molecule has 0 atom stereocenters. The van der Waals surface area contributed by atoms with E-state index in [2.05, 4.69) is 15.0 Å². The molecule has 7 nitrogen and oxygen atoms in total. The van der Waals surface area contributed by atoms with Crippen LogP contribution in [0.15, 0.2) is 65.8 Å². The number of guanidine groups is 1. The van der Waals surface area contributed by atoms with E-state index < -0.39 is 5.97 Å². The van der Waals surface area contributed by atoms with Crippen molar-refractivity contribution < 1.29 is 9.90 Å². The van der Waals surface area contributed by atoms with Crippen LogP contribution in [0, 0.1) is 0 Å². The van der Waals surface area contributed by atoms with Crippen molar-refractivity contribution in [2.45, 2.75) is 0 Å². The fraction of sp³-hybridized carbons (Fsp3) is 0. The molecule has 0 unspecified atom stereocenters. The van der Waals surface area contributed by atoms with Gasteiger partial charge in [-0.05, 0) is 29.3 Å². The first kappa shape index (κ1) is 17.0. The lowest BCUT2D eigenvalue weighted by Crippen LogP contribution is -2.21. The predicted octanol–water partition coefficient (Wildman–Crippen LogP) is 2.75. The molecule has 130 valence electrons. The van der Waals surface area contributed by atoms with E-state index in [9.17, 15) is 4.79 Å². The van der Waals surface area contributed by atoms with Gasteiger partial charge in [0.05, 0.1) is 17.6 Å². The van der Waals surface area contributed by atoms with Crippen LogP contribution in [0.1, 0.15) is 5.56 Å². The van der Waals surface area contributed by atoms with Gasteiger partial charge in [0.25, 0.3) is 0 Å². The van der Waals surface area contributed by atoms with Crippen molar-refractivity contribution in [2.24, 2.45) is 16.5 Å². The number of carboxylic acids is 1. The van der Waals surface area contributed by atoms with Gasteiger partial charge in [-0.1, -0.05) is 36.4 Å². The lowest BCUT2D eigenvalue weighted by Gasteiger charge is -2.01. The highest BCUT2D eigenvalue weighted by molar-refractivity contribution is 5.85. The summed E-state index contributed by atoms with van der Waals surface area (Å²) in [6, 6.07) is 14.9. The summed E-state index contributed by atoms with van der Waals surface area (Å²) in [6.45, 7) is 0. The third-order valence-electron chi connectivity index (χ3n) is 3.59. The first-order valence-corrected chi connectivity index (χ1v) is 7.78. The Kier molecular flexibility index (Phi) is 4.80. The van der Waals surface area contributed by atoms with Crippen LogP contribution in [0.3, 0.4) is 0 Å². The van der Waals surface area contributed by atoms with Crippen LogP contribution in [-0.2, 0) is 4.79 Å². The van der Waals surface area contributed by atoms with Gasteiger partial charge < -0.3 is 21.6 Å². The molecule has 0 bridgehead atoms. The molecule has 0 saturated carbocycles. The number of hydrogen-bond donors (Lipinski definition) is 4. The molecular formula is C19H17N5O2. The van der Waals surface area contributed by atoms with Crippen molar-refractivity contribution in [2.75, 3.05) is 0 Å². The minimum absolute atomic E-state index is 0.000628. The van der Waals surface area contributed by atoms with Gasteiger partial charge in [-0.2, -0.15) is 0 Å². The highest BCUT2D eigenvalue weighted by Gasteiger charge is 2.06. The van der Waals surface area contributed by atoms with E-state index in [0.29, 0.717) is 11.5 Å². The van der Waals surface area contributed by atoms with Crippen molar-refractivity contribution >= 4 is 23.7 Å². The van der Waals surface area contributed by atoms with E-state index in [1.165, 1.54) is 0 Å². The van der Waals surface area contributed by atoms with Crippen molar-refractivity contribution in [3.05, 3.63) is 66.4 Å². The largest absolute Gasteiger partial charge is 0.478 e. The first-order chi connectivity index (χ1) is 12.5. The lowest BCUT2D eigenvalue weighted by molar-refractivity contribution is -0.131. The van der Waals surface area contributed by atoms with Crippen LogP contribution in [-0.4, -0.2) is 27.0 Å². The number of aliphatic carboxylic acids is 1. The van der Waals surface area contributed by atoms with Crippen LogP contribution in [0.5, 0.6) is 0 Å². The van der Waals surface area contributed by atoms with E-state index in [1.807, 2.05) is 42.5 Å². The Morgan fingerprint density at radius 2 is 1.88 bits per heavy atom. The zero-order valence-electron chi connectivity index (χ0n) is 13.8. The molecule has 0 radical (unpaired) electrons. The number of hydrogen-bond acceptors (Lipinski definition) is 3. The minimum Gasteiger partial charge on any atom is -0.478 e. The fourth-order valence-corrected chi connectivity index (χ4v) is 2.43. The topological polar surface area (TPSA) is 130 Å². The van der Waals surface area contributed by atoms with Crippen LogP contribution in [0.2, 0.25) is 0 Å². The molecule has 0 aliphatic carbocycles. The van der Waals surface area contributed by atoms with Gasteiger partial charge in [0.2, 0.25) is 0 Å². The average Bonchev–Trinajstić information content (AvgIpc) is 3.10. The summed E-state index contributed by atoms with van der Waals surface area (Å²) < 4.78 is 0. The Morgan fingerprint density at radius 1 is 1.12 bits per heavy atom. The number of aromatic amines is 1. The molecule has 1 heterocycles. The Morgan fingerprint density at radius 3 is 2.58 bits per heavy atom. The smallest absolute Gasteiger partial charge is 0.328 e. The summed E-state index contributed by atoms with van der Waals surface area (Å²) in [7, 11) is 0. The summed E-state index contributed by atoms with van der Waals surface area (Å²) in [5.41, 5.74) is 14.9. The van der Waals surface area contributed by atoms with Crippen LogP contribution in [0.4, 0.5) is 5.69 Å². The third-order valence-corrected chi connectivity index (χ3v) is 3.59. The summed E-state index contributed by atoms with van der Waals surface area (Å²) >= 11 is 0. The summed E-state index contributed by atoms with van der Waals surface area (Å²) in [5.74, 6) is -0.281. The van der Waals surface area contributed by atoms with Gasteiger partial charge in [0, 0.05) is 11.6 Å². The van der Waals surface area contributed by atoms with Crippen molar-refractivity contribution in [3.8, 4) is 22.6 Å². The molecule has 0 aliphatic rings. The average molecular weight is 347 g/mol. The Bertz CT molecular complexity index is 983. The lowest BCUT2D eigenvalue weighted by atomic mass is 10.1. The molecule has 0 saturated heterocycles.